The van der Waals surface area contributed by atoms with E-state index in [0.717, 1.165) is 19.1 Å². The Kier molecular flexibility index (Phi) is 14.4. The predicted molar refractivity (Wildman–Crippen MR) is 94.9 cm³/mol. The summed E-state index contributed by atoms with van der Waals surface area (Å²) < 4.78 is 6.08. The van der Waals surface area contributed by atoms with Gasteiger partial charge in [-0.25, -0.2) is 0 Å². The lowest BCUT2D eigenvalue weighted by molar-refractivity contribution is 0.293. The molecule has 0 amide bonds. The van der Waals surface area contributed by atoms with E-state index in [9.17, 15) is 0 Å². The standard InChI is InChI=1S/C18H37NOSi/c1-4-5-6-7-8-9-10-11-12-14-17-20-21(2,3)18-15-13-16-19/h4-15,17-18H2,1-3H3. The van der Waals surface area contributed by atoms with E-state index in [1.807, 2.05) is 0 Å². The first-order valence-corrected chi connectivity index (χ1v) is 12.2. The summed E-state index contributed by atoms with van der Waals surface area (Å²) in [5, 5.41) is 8.56. The molecule has 21 heavy (non-hydrogen) atoms. The van der Waals surface area contributed by atoms with Crippen LogP contribution in [-0.2, 0) is 4.43 Å². The van der Waals surface area contributed by atoms with Gasteiger partial charge in [0.2, 0.25) is 0 Å². The minimum atomic E-state index is -1.49. The number of nitriles is 1. The molecule has 0 heterocycles. The monoisotopic (exact) mass is 311 g/mol. The van der Waals surface area contributed by atoms with Gasteiger partial charge in [0.15, 0.2) is 8.32 Å². The normalized spacial score (nSPS) is 11.5. The van der Waals surface area contributed by atoms with Crippen molar-refractivity contribution in [2.75, 3.05) is 6.61 Å². The zero-order valence-corrected chi connectivity index (χ0v) is 15.8. The highest BCUT2D eigenvalue weighted by Gasteiger charge is 2.21. The Morgan fingerprint density at radius 2 is 1.33 bits per heavy atom. The maximum atomic E-state index is 8.56. The van der Waals surface area contributed by atoms with Crippen molar-refractivity contribution in [3.8, 4) is 6.07 Å². The van der Waals surface area contributed by atoms with E-state index < -0.39 is 8.32 Å². The van der Waals surface area contributed by atoms with Crippen molar-refractivity contribution in [1.82, 2.24) is 0 Å². The van der Waals surface area contributed by atoms with Crippen LogP contribution in [-0.4, -0.2) is 14.9 Å². The van der Waals surface area contributed by atoms with Gasteiger partial charge < -0.3 is 4.43 Å². The van der Waals surface area contributed by atoms with Crippen molar-refractivity contribution in [2.45, 2.75) is 103 Å². The largest absolute Gasteiger partial charge is 0.417 e. The summed E-state index contributed by atoms with van der Waals surface area (Å²) in [6.45, 7) is 7.76. The molecule has 0 aliphatic heterocycles. The molecule has 0 rings (SSSR count). The van der Waals surface area contributed by atoms with Gasteiger partial charge in [-0.05, 0) is 32.0 Å². The van der Waals surface area contributed by atoms with Crippen molar-refractivity contribution in [2.24, 2.45) is 0 Å². The molecule has 2 nitrogen and oxygen atoms in total. The average Bonchev–Trinajstić information content (AvgIpc) is 2.45. The van der Waals surface area contributed by atoms with Gasteiger partial charge in [-0.3, -0.25) is 0 Å². The molecule has 0 aromatic rings. The average molecular weight is 312 g/mol. The highest BCUT2D eigenvalue weighted by molar-refractivity contribution is 6.71. The van der Waals surface area contributed by atoms with Crippen LogP contribution in [0.15, 0.2) is 0 Å². The molecule has 0 spiro atoms. The summed E-state index contributed by atoms with van der Waals surface area (Å²) >= 11 is 0. The number of hydrogen-bond acceptors (Lipinski definition) is 2. The minimum absolute atomic E-state index is 0.679. The maximum absolute atomic E-state index is 8.56. The van der Waals surface area contributed by atoms with Gasteiger partial charge in [0.1, 0.15) is 0 Å². The Bertz CT molecular complexity index is 260. The zero-order chi connectivity index (χ0) is 15.8. The van der Waals surface area contributed by atoms with E-state index in [2.05, 4.69) is 26.1 Å². The number of rotatable bonds is 15. The molecule has 0 saturated carbocycles. The number of unbranched alkanes of at least 4 members (excludes halogenated alkanes) is 10. The molecular weight excluding hydrogens is 274 g/mol. The zero-order valence-electron chi connectivity index (χ0n) is 14.8. The van der Waals surface area contributed by atoms with Crippen LogP contribution in [0.2, 0.25) is 19.1 Å². The lowest BCUT2D eigenvalue weighted by Gasteiger charge is -2.22. The fourth-order valence-electron chi connectivity index (χ4n) is 2.60. The summed E-state index contributed by atoms with van der Waals surface area (Å²) in [7, 11) is -1.49. The summed E-state index contributed by atoms with van der Waals surface area (Å²) in [6.07, 6.45) is 15.4. The molecule has 0 atom stereocenters. The molecule has 0 unspecified atom stereocenters. The Labute approximate surface area is 134 Å². The summed E-state index contributed by atoms with van der Waals surface area (Å²) in [5.41, 5.74) is 0. The topological polar surface area (TPSA) is 33.0 Å². The van der Waals surface area contributed by atoms with Crippen LogP contribution in [0.1, 0.15) is 84.0 Å². The lowest BCUT2D eigenvalue weighted by atomic mass is 10.1. The van der Waals surface area contributed by atoms with Crippen LogP contribution >= 0.6 is 0 Å². The van der Waals surface area contributed by atoms with E-state index in [1.54, 1.807) is 0 Å². The van der Waals surface area contributed by atoms with Crippen LogP contribution in [0.5, 0.6) is 0 Å². The van der Waals surface area contributed by atoms with Crippen molar-refractivity contribution in [3.05, 3.63) is 0 Å². The molecule has 0 N–H and O–H groups in total. The first-order valence-electron chi connectivity index (χ1n) is 9.13. The van der Waals surface area contributed by atoms with E-state index in [4.69, 9.17) is 9.69 Å². The Morgan fingerprint density at radius 1 is 0.810 bits per heavy atom. The smallest absolute Gasteiger partial charge is 0.186 e. The van der Waals surface area contributed by atoms with Crippen LogP contribution in [0.4, 0.5) is 0 Å². The third-order valence-corrected chi connectivity index (χ3v) is 6.60. The van der Waals surface area contributed by atoms with Crippen molar-refractivity contribution in [3.63, 3.8) is 0 Å². The van der Waals surface area contributed by atoms with Crippen LogP contribution in [0, 0.1) is 11.3 Å². The second-order valence-corrected chi connectivity index (χ2v) is 11.1. The molecule has 0 aromatic carbocycles. The molecule has 0 saturated heterocycles. The van der Waals surface area contributed by atoms with Crippen LogP contribution < -0.4 is 0 Å². The molecule has 0 radical (unpaired) electrons. The summed E-state index contributed by atoms with van der Waals surface area (Å²) in [5.74, 6) is 0. The fourth-order valence-corrected chi connectivity index (χ4v) is 4.47. The van der Waals surface area contributed by atoms with E-state index in [1.165, 1.54) is 64.2 Å². The van der Waals surface area contributed by atoms with Gasteiger partial charge in [-0.2, -0.15) is 5.26 Å². The second-order valence-electron chi connectivity index (χ2n) is 6.80. The maximum Gasteiger partial charge on any atom is 0.186 e. The molecule has 0 fully saturated rings. The lowest BCUT2D eigenvalue weighted by Crippen LogP contribution is -2.30. The molecule has 0 aliphatic carbocycles. The quantitative estimate of drug-likeness (QED) is 0.258. The summed E-state index contributed by atoms with van der Waals surface area (Å²) in [4.78, 5) is 0. The second kappa shape index (κ2) is 14.6. The molecular formula is C18H37NOSi. The SMILES string of the molecule is CCCCCCCCCCCCO[Si](C)(C)CCCC#N. The van der Waals surface area contributed by atoms with Gasteiger partial charge in [0.05, 0.1) is 6.07 Å². The van der Waals surface area contributed by atoms with E-state index in [0.29, 0.717) is 6.42 Å². The predicted octanol–water partition coefficient (Wildman–Crippen LogP) is 6.43. The fraction of sp³-hybridized carbons (Fsp3) is 0.944. The molecule has 124 valence electrons. The Morgan fingerprint density at radius 3 is 1.86 bits per heavy atom. The van der Waals surface area contributed by atoms with Crippen LogP contribution in [0.3, 0.4) is 0 Å². The Hall–Kier alpha value is -0.333. The van der Waals surface area contributed by atoms with Gasteiger partial charge in [0.25, 0.3) is 0 Å². The van der Waals surface area contributed by atoms with Gasteiger partial charge in [0, 0.05) is 13.0 Å². The van der Waals surface area contributed by atoms with E-state index in [-0.39, 0.29) is 0 Å². The Balaban J connectivity index is 3.26. The number of nitrogens with zero attached hydrogens (tertiary/aromatic N) is 1. The van der Waals surface area contributed by atoms with Crippen LogP contribution in [0.25, 0.3) is 0 Å². The minimum Gasteiger partial charge on any atom is -0.417 e. The number of hydrogen-bond donors (Lipinski definition) is 0. The third kappa shape index (κ3) is 15.9. The van der Waals surface area contributed by atoms with Gasteiger partial charge >= 0.3 is 0 Å². The van der Waals surface area contributed by atoms with Gasteiger partial charge in [-0.15, -0.1) is 0 Å². The van der Waals surface area contributed by atoms with Crippen molar-refractivity contribution in [1.29, 1.82) is 5.26 Å². The molecule has 0 bridgehead atoms. The first kappa shape index (κ1) is 20.7. The highest BCUT2D eigenvalue weighted by Crippen LogP contribution is 2.16. The molecule has 0 aliphatic rings. The van der Waals surface area contributed by atoms with E-state index >= 15 is 0 Å². The highest BCUT2D eigenvalue weighted by atomic mass is 28.4. The van der Waals surface area contributed by atoms with Crippen molar-refractivity contribution < 1.29 is 4.43 Å². The van der Waals surface area contributed by atoms with Crippen molar-refractivity contribution >= 4 is 8.32 Å². The molecule has 0 aromatic heterocycles. The molecule has 3 heteroatoms. The first-order chi connectivity index (χ1) is 10.1. The third-order valence-electron chi connectivity index (χ3n) is 4.06. The van der Waals surface area contributed by atoms with Gasteiger partial charge in [-0.1, -0.05) is 64.7 Å². The summed E-state index contributed by atoms with van der Waals surface area (Å²) in [6, 6.07) is 3.34.